The van der Waals surface area contributed by atoms with Gasteiger partial charge in [-0.3, -0.25) is 4.79 Å². The fraction of sp³-hybridized carbons (Fsp3) is 0.188. The molecular weight excluding hydrogens is 399 g/mol. The molecule has 25 heavy (non-hydrogen) atoms. The van der Waals surface area contributed by atoms with Crippen LogP contribution in [0.15, 0.2) is 40.9 Å². The Morgan fingerprint density at radius 1 is 1.28 bits per heavy atom. The van der Waals surface area contributed by atoms with Gasteiger partial charge >= 0.3 is 0 Å². The number of halogens is 2. The molecule has 0 atom stereocenters. The van der Waals surface area contributed by atoms with Crippen molar-refractivity contribution < 1.29 is 4.79 Å². The third-order valence-corrected chi connectivity index (χ3v) is 5.98. The molecule has 0 saturated carbocycles. The van der Waals surface area contributed by atoms with Crippen molar-refractivity contribution in [3.63, 3.8) is 0 Å². The average molecular weight is 413 g/mol. The first-order valence-corrected chi connectivity index (χ1v) is 10.1. The van der Waals surface area contributed by atoms with Crippen molar-refractivity contribution in [2.45, 2.75) is 18.6 Å². The van der Waals surface area contributed by atoms with Crippen molar-refractivity contribution in [2.75, 3.05) is 11.1 Å². The zero-order valence-electron chi connectivity index (χ0n) is 13.2. The fourth-order valence-electron chi connectivity index (χ4n) is 2.19. The molecule has 2 heterocycles. The quantitative estimate of drug-likeness (QED) is 0.574. The van der Waals surface area contributed by atoms with E-state index in [9.17, 15) is 4.79 Å². The standard InChI is InChI=1S/C16H14Cl2N4OS2/c1-2-22-15(12-7-4-8-24-12)20-21-16(22)25-9-13(23)19-11-6-3-5-10(17)14(11)18/h3-8H,2,9H2,1H3,(H,19,23). The lowest BCUT2D eigenvalue weighted by molar-refractivity contribution is -0.113. The van der Waals surface area contributed by atoms with Gasteiger partial charge in [0.2, 0.25) is 5.91 Å². The number of benzene rings is 1. The summed E-state index contributed by atoms with van der Waals surface area (Å²) in [4.78, 5) is 13.2. The number of hydrogen-bond acceptors (Lipinski definition) is 5. The normalized spacial score (nSPS) is 10.8. The van der Waals surface area contributed by atoms with Crippen LogP contribution in [0, 0.1) is 0 Å². The van der Waals surface area contributed by atoms with Gasteiger partial charge in [0.25, 0.3) is 0 Å². The molecule has 0 aliphatic heterocycles. The number of carbonyl (C=O) groups excluding carboxylic acids is 1. The van der Waals surface area contributed by atoms with Gasteiger partial charge in [0, 0.05) is 6.54 Å². The Kier molecular flexibility index (Phi) is 6.01. The van der Waals surface area contributed by atoms with E-state index in [2.05, 4.69) is 15.5 Å². The number of carbonyl (C=O) groups is 1. The second-order valence-electron chi connectivity index (χ2n) is 4.97. The lowest BCUT2D eigenvalue weighted by atomic mass is 10.3. The van der Waals surface area contributed by atoms with Crippen LogP contribution in [0.5, 0.6) is 0 Å². The number of nitrogens with zero attached hydrogens (tertiary/aromatic N) is 3. The first kappa shape index (κ1) is 18.3. The number of nitrogens with one attached hydrogen (secondary N) is 1. The zero-order chi connectivity index (χ0) is 17.8. The van der Waals surface area contributed by atoms with Gasteiger partial charge in [0.1, 0.15) is 0 Å². The number of thioether (sulfide) groups is 1. The summed E-state index contributed by atoms with van der Waals surface area (Å²) in [6.07, 6.45) is 0. The molecule has 1 N–H and O–H groups in total. The topological polar surface area (TPSA) is 59.8 Å². The smallest absolute Gasteiger partial charge is 0.234 e. The van der Waals surface area contributed by atoms with Crippen LogP contribution in [-0.2, 0) is 11.3 Å². The Morgan fingerprint density at radius 3 is 2.84 bits per heavy atom. The van der Waals surface area contributed by atoms with Crippen LogP contribution in [-0.4, -0.2) is 26.4 Å². The molecule has 0 bridgehead atoms. The minimum absolute atomic E-state index is 0.183. The van der Waals surface area contributed by atoms with E-state index < -0.39 is 0 Å². The molecule has 1 aromatic carbocycles. The fourth-order valence-corrected chi connectivity index (χ4v) is 4.05. The predicted octanol–water partition coefficient (Wildman–Crippen LogP) is 5.06. The Labute approximate surface area is 163 Å². The summed E-state index contributed by atoms with van der Waals surface area (Å²) in [6.45, 7) is 2.75. The first-order valence-electron chi connectivity index (χ1n) is 7.44. The highest BCUT2D eigenvalue weighted by Gasteiger charge is 2.15. The van der Waals surface area contributed by atoms with Gasteiger partial charge in [0.05, 0.1) is 26.4 Å². The summed E-state index contributed by atoms with van der Waals surface area (Å²) in [6, 6.07) is 9.09. The highest BCUT2D eigenvalue weighted by atomic mass is 35.5. The van der Waals surface area contributed by atoms with E-state index in [0.717, 1.165) is 17.2 Å². The molecule has 0 saturated heterocycles. The molecule has 2 aromatic heterocycles. The molecule has 0 aliphatic rings. The van der Waals surface area contributed by atoms with E-state index in [1.165, 1.54) is 11.8 Å². The first-order chi connectivity index (χ1) is 12.1. The van der Waals surface area contributed by atoms with E-state index in [0.29, 0.717) is 20.9 Å². The summed E-state index contributed by atoms with van der Waals surface area (Å²) >= 11 is 15.0. The van der Waals surface area contributed by atoms with Crippen molar-refractivity contribution in [2.24, 2.45) is 0 Å². The van der Waals surface area contributed by atoms with Gasteiger partial charge in [-0.25, -0.2) is 0 Å². The number of rotatable bonds is 6. The Morgan fingerprint density at radius 2 is 2.12 bits per heavy atom. The van der Waals surface area contributed by atoms with Gasteiger partial charge < -0.3 is 9.88 Å². The lowest BCUT2D eigenvalue weighted by Gasteiger charge is -2.08. The van der Waals surface area contributed by atoms with Crippen molar-refractivity contribution in [3.05, 3.63) is 45.8 Å². The lowest BCUT2D eigenvalue weighted by Crippen LogP contribution is -2.15. The van der Waals surface area contributed by atoms with Crippen molar-refractivity contribution in [1.82, 2.24) is 14.8 Å². The molecule has 3 rings (SSSR count). The Hall–Kier alpha value is -1.54. The SMILES string of the molecule is CCn1c(SCC(=O)Nc2cccc(Cl)c2Cl)nnc1-c1cccs1. The van der Waals surface area contributed by atoms with Crippen LogP contribution in [0.4, 0.5) is 5.69 Å². The largest absolute Gasteiger partial charge is 0.324 e. The molecule has 0 aliphatic carbocycles. The molecule has 0 fully saturated rings. The van der Waals surface area contributed by atoms with Crippen molar-refractivity contribution >= 4 is 57.9 Å². The second-order valence-corrected chi connectivity index (χ2v) is 7.64. The van der Waals surface area contributed by atoms with Gasteiger partial charge in [-0.1, -0.05) is 47.1 Å². The van der Waals surface area contributed by atoms with Crippen molar-refractivity contribution in [3.8, 4) is 10.7 Å². The molecule has 0 radical (unpaired) electrons. The molecule has 0 spiro atoms. The number of thiophene rings is 1. The van der Waals surface area contributed by atoms with Crippen molar-refractivity contribution in [1.29, 1.82) is 0 Å². The van der Waals surface area contributed by atoms with Crippen LogP contribution in [0.3, 0.4) is 0 Å². The number of aromatic nitrogens is 3. The van der Waals surface area contributed by atoms with Crippen LogP contribution >= 0.6 is 46.3 Å². The monoisotopic (exact) mass is 412 g/mol. The number of anilines is 1. The van der Waals surface area contributed by atoms with E-state index in [-0.39, 0.29) is 11.7 Å². The van der Waals surface area contributed by atoms with E-state index in [1.807, 2.05) is 29.0 Å². The van der Waals surface area contributed by atoms with Crippen LogP contribution < -0.4 is 5.32 Å². The molecule has 3 aromatic rings. The maximum absolute atomic E-state index is 12.2. The third kappa shape index (κ3) is 4.17. The molecule has 1 amide bonds. The summed E-state index contributed by atoms with van der Waals surface area (Å²) in [5.74, 6) is 0.835. The Bertz CT molecular complexity index is 880. The van der Waals surface area contributed by atoms with E-state index in [1.54, 1.807) is 29.5 Å². The third-order valence-electron chi connectivity index (χ3n) is 3.33. The maximum atomic E-state index is 12.2. The minimum Gasteiger partial charge on any atom is -0.324 e. The molecular formula is C16H14Cl2N4OS2. The molecule has 9 heteroatoms. The molecule has 130 valence electrons. The van der Waals surface area contributed by atoms with Crippen LogP contribution in [0.25, 0.3) is 10.7 Å². The van der Waals surface area contributed by atoms with Gasteiger partial charge in [-0.05, 0) is 30.5 Å². The number of amides is 1. The summed E-state index contributed by atoms with van der Waals surface area (Å²) in [7, 11) is 0. The maximum Gasteiger partial charge on any atom is 0.234 e. The number of hydrogen-bond donors (Lipinski definition) is 1. The van der Waals surface area contributed by atoms with Crippen LogP contribution in [0.1, 0.15) is 6.92 Å². The highest BCUT2D eigenvalue weighted by Crippen LogP contribution is 2.30. The summed E-state index contributed by atoms with van der Waals surface area (Å²) in [5, 5.41) is 14.7. The highest BCUT2D eigenvalue weighted by molar-refractivity contribution is 7.99. The second kappa shape index (κ2) is 8.23. The van der Waals surface area contributed by atoms with Crippen LogP contribution in [0.2, 0.25) is 10.0 Å². The minimum atomic E-state index is -0.183. The molecule has 5 nitrogen and oxygen atoms in total. The van der Waals surface area contributed by atoms with E-state index >= 15 is 0 Å². The summed E-state index contributed by atoms with van der Waals surface area (Å²) in [5.41, 5.74) is 0.496. The average Bonchev–Trinajstić information content (AvgIpc) is 3.25. The predicted molar refractivity (Wildman–Crippen MR) is 105 cm³/mol. The van der Waals surface area contributed by atoms with E-state index in [4.69, 9.17) is 23.2 Å². The summed E-state index contributed by atoms with van der Waals surface area (Å²) < 4.78 is 2.00. The molecule has 0 unspecified atom stereocenters. The zero-order valence-corrected chi connectivity index (χ0v) is 16.3. The Balaban J connectivity index is 1.67. The van der Waals surface area contributed by atoms with Gasteiger partial charge in [-0.2, -0.15) is 0 Å². The van der Waals surface area contributed by atoms with Gasteiger partial charge in [0.15, 0.2) is 11.0 Å². The van der Waals surface area contributed by atoms with Gasteiger partial charge in [-0.15, -0.1) is 21.5 Å².